The van der Waals surface area contributed by atoms with Gasteiger partial charge >= 0.3 is 0 Å². The zero-order chi connectivity index (χ0) is 9.97. The van der Waals surface area contributed by atoms with Crippen LogP contribution in [0, 0.1) is 5.92 Å². The van der Waals surface area contributed by atoms with E-state index in [0.717, 1.165) is 25.6 Å². The van der Waals surface area contributed by atoms with Gasteiger partial charge in [0.2, 0.25) is 0 Å². The van der Waals surface area contributed by atoms with E-state index in [1.165, 1.54) is 12.8 Å². The smallest absolute Gasteiger partial charge is 0.169 e. The van der Waals surface area contributed by atoms with Gasteiger partial charge in [-0.05, 0) is 18.8 Å². The lowest BCUT2D eigenvalue weighted by Gasteiger charge is -2.32. The summed E-state index contributed by atoms with van der Waals surface area (Å²) in [4.78, 5) is 2.34. The Labute approximate surface area is 83.5 Å². The number of hydrogen-bond acceptors (Lipinski definition) is 4. The summed E-state index contributed by atoms with van der Waals surface area (Å²) in [6, 6.07) is 0. The Morgan fingerprint density at radius 1 is 1.57 bits per heavy atom. The van der Waals surface area contributed by atoms with Gasteiger partial charge in [-0.15, -0.1) is 0 Å². The fraction of sp³-hybridized carbons (Fsp3) is 0.889. The quantitative estimate of drug-likeness (QED) is 0.287. The molecule has 2 aliphatic rings. The molecular formula is C9H17N3O2. The van der Waals surface area contributed by atoms with Gasteiger partial charge in [0, 0.05) is 19.6 Å². The summed E-state index contributed by atoms with van der Waals surface area (Å²) in [5.41, 5.74) is 5.50. The Balaban J connectivity index is 1.83. The molecule has 80 valence electrons. The van der Waals surface area contributed by atoms with Crippen molar-refractivity contribution in [3.8, 4) is 0 Å². The first kappa shape index (κ1) is 9.73. The van der Waals surface area contributed by atoms with Crippen molar-refractivity contribution >= 4 is 5.84 Å². The molecule has 0 aromatic heterocycles. The summed E-state index contributed by atoms with van der Waals surface area (Å²) in [5, 5.41) is 11.5. The van der Waals surface area contributed by atoms with E-state index in [2.05, 4.69) is 10.1 Å². The van der Waals surface area contributed by atoms with Crippen molar-refractivity contribution in [3.05, 3.63) is 0 Å². The second-order valence-electron chi connectivity index (χ2n) is 4.09. The van der Waals surface area contributed by atoms with E-state index in [1.54, 1.807) is 0 Å². The molecule has 1 aliphatic carbocycles. The van der Waals surface area contributed by atoms with Gasteiger partial charge in [-0.25, -0.2) is 0 Å². The summed E-state index contributed by atoms with van der Waals surface area (Å²) in [7, 11) is 0. The highest BCUT2D eigenvalue weighted by Gasteiger charge is 2.29. The maximum atomic E-state index is 8.53. The van der Waals surface area contributed by atoms with Crippen molar-refractivity contribution in [1.82, 2.24) is 4.90 Å². The minimum Gasteiger partial charge on any atom is -0.409 e. The minimum atomic E-state index is -0.229. The van der Waals surface area contributed by atoms with Crippen molar-refractivity contribution in [2.24, 2.45) is 16.8 Å². The van der Waals surface area contributed by atoms with Gasteiger partial charge in [0.1, 0.15) is 6.10 Å². The van der Waals surface area contributed by atoms with Gasteiger partial charge in [0.05, 0.1) is 6.61 Å². The summed E-state index contributed by atoms with van der Waals surface area (Å²) in [6.45, 7) is 3.53. The highest BCUT2D eigenvalue weighted by molar-refractivity contribution is 5.84. The van der Waals surface area contributed by atoms with Crippen molar-refractivity contribution < 1.29 is 9.94 Å². The molecule has 5 nitrogen and oxygen atoms in total. The van der Waals surface area contributed by atoms with E-state index in [0.29, 0.717) is 6.61 Å². The second kappa shape index (κ2) is 4.14. The molecule has 3 N–H and O–H groups in total. The number of rotatable bonds is 3. The van der Waals surface area contributed by atoms with E-state index in [-0.39, 0.29) is 11.9 Å². The fourth-order valence-electron chi connectivity index (χ4n) is 1.78. The summed E-state index contributed by atoms with van der Waals surface area (Å²) in [5.74, 6) is 1.06. The van der Waals surface area contributed by atoms with Crippen LogP contribution < -0.4 is 5.73 Å². The second-order valence-corrected chi connectivity index (χ2v) is 4.09. The fourth-order valence-corrected chi connectivity index (χ4v) is 1.78. The molecule has 14 heavy (non-hydrogen) atoms. The third kappa shape index (κ3) is 2.36. The third-order valence-corrected chi connectivity index (χ3v) is 2.81. The zero-order valence-electron chi connectivity index (χ0n) is 8.22. The van der Waals surface area contributed by atoms with Crippen LogP contribution in [-0.4, -0.2) is 48.3 Å². The first-order valence-electron chi connectivity index (χ1n) is 5.11. The summed E-state index contributed by atoms with van der Waals surface area (Å²) < 4.78 is 5.41. The highest BCUT2D eigenvalue weighted by Crippen LogP contribution is 2.30. The minimum absolute atomic E-state index is 0.186. The van der Waals surface area contributed by atoms with E-state index in [1.807, 2.05) is 0 Å². The lowest BCUT2D eigenvalue weighted by atomic mass is 10.2. The van der Waals surface area contributed by atoms with E-state index in [4.69, 9.17) is 15.7 Å². The molecule has 1 atom stereocenters. The Morgan fingerprint density at radius 2 is 2.36 bits per heavy atom. The number of hydrogen-bond donors (Lipinski definition) is 2. The average molecular weight is 199 g/mol. The van der Waals surface area contributed by atoms with E-state index >= 15 is 0 Å². The van der Waals surface area contributed by atoms with Crippen LogP contribution in [0.2, 0.25) is 0 Å². The number of morpholine rings is 1. The summed E-state index contributed by atoms with van der Waals surface area (Å²) in [6.07, 6.45) is 2.48. The SMILES string of the molecule is NC(=NO)C1CN(CC2CC2)CCO1. The number of oxime groups is 1. The predicted molar refractivity (Wildman–Crippen MR) is 52.3 cm³/mol. The highest BCUT2D eigenvalue weighted by atomic mass is 16.5. The van der Waals surface area contributed by atoms with Crippen LogP contribution in [0.4, 0.5) is 0 Å². The third-order valence-electron chi connectivity index (χ3n) is 2.81. The largest absolute Gasteiger partial charge is 0.409 e. The molecule has 2 rings (SSSR count). The van der Waals surface area contributed by atoms with Crippen LogP contribution in [0.3, 0.4) is 0 Å². The van der Waals surface area contributed by atoms with Crippen molar-refractivity contribution in [2.45, 2.75) is 18.9 Å². The Bertz CT molecular complexity index is 228. The van der Waals surface area contributed by atoms with Gasteiger partial charge < -0.3 is 15.7 Å². The normalized spacial score (nSPS) is 30.6. The van der Waals surface area contributed by atoms with Crippen molar-refractivity contribution in [1.29, 1.82) is 0 Å². The van der Waals surface area contributed by atoms with Gasteiger partial charge in [0.25, 0.3) is 0 Å². The standard InChI is InChI=1S/C9H17N3O2/c10-9(11-13)8-6-12(3-4-14-8)5-7-1-2-7/h7-8,13H,1-6H2,(H2,10,11). The van der Waals surface area contributed by atoms with E-state index < -0.39 is 0 Å². The molecule has 1 heterocycles. The molecular weight excluding hydrogens is 182 g/mol. The van der Waals surface area contributed by atoms with Crippen molar-refractivity contribution in [2.75, 3.05) is 26.2 Å². The maximum Gasteiger partial charge on any atom is 0.169 e. The molecule has 2 fully saturated rings. The predicted octanol–water partition coefficient (Wildman–Crippen LogP) is -0.156. The molecule has 1 unspecified atom stereocenters. The first-order valence-corrected chi connectivity index (χ1v) is 5.11. The number of nitrogens with zero attached hydrogens (tertiary/aromatic N) is 2. The Morgan fingerprint density at radius 3 is 3.00 bits per heavy atom. The first-order chi connectivity index (χ1) is 6.79. The Kier molecular flexibility index (Phi) is 2.88. The molecule has 1 saturated carbocycles. The van der Waals surface area contributed by atoms with Gasteiger partial charge in [-0.3, -0.25) is 4.90 Å². The molecule has 0 radical (unpaired) electrons. The number of nitrogens with two attached hydrogens (primary N) is 1. The van der Waals surface area contributed by atoms with Gasteiger partial charge in [-0.2, -0.15) is 0 Å². The van der Waals surface area contributed by atoms with Gasteiger partial charge in [0.15, 0.2) is 5.84 Å². The van der Waals surface area contributed by atoms with E-state index in [9.17, 15) is 0 Å². The average Bonchev–Trinajstić information content (AvgIpc) is 3.01. The van der Waals surface area contributed by atoms with Crippen molar-refractivity contribution in [3.63, 3.8) is 0 Å². The maximum absolute atomic E-state index is 8.53. The lowest BCUT2D eigenvalue weighted by Crippen LogP contribution is -2.48. The summed E-state index contributed by atoms with van der Waals surface area (Å²) >= 11 is 0. The molecule has 1 saturated heterocycles. The molecule has 0 aromatic carbocycles. The van der Waals surface area contributed by atoms with Crippen LogP contribution in [0.1, 0.15) is 12.8 Å². The van der Waals surface area contributed by atoms with Gasteiger partial charge in [-0.1, -0.05) is 5.16 Å². The lowest BCUT2D eigenvalue weighted by molar-refractivity contribution is 0.00304. The zero-order valence-corrected chi connectivity index (χ0v) is 8.22. The van der Waals surface area contributed by atoms with Crippen LogP contribution in [-0.2, 0) is 4.74 Å². The van der Waals surface area contributed by atoms with Crippen LogP contribution in [0.15, 0.2) is 5.16 Å². The topological polar surface area (TPSA) is 71.1 Å². The molecule has 0 amide bonds. The monoisotopic (exact) mass is 199 g/mol. The molecule has 1 aliphatic heterocycles. The number of amidine groups is 1. The molecule has 5 heteroatoms. The molecule has 0 bridgehead atoms. The van der Waals surface area contributed by atoms with Crippen LogP contribution >= 0.6 is 0 Å². The van der Waals surface area contributed by atoms with Crippen LogP contribution in [0.5, 0.6) is 0 Å². The number of ether oxygens (including phenoxy) is 1. The Hall–Kier alpha value is -0.810. The molecule has 0 spiro atoms. The van der Waals surface area contributed by atoms with Crippen LogP contribution in [0.25, 0.3) is 0 Å². The molecule has 0 aromatic rings.